The van der Waals surface area contributed by atoms with Crippen molar-refractivity contribution in [2.75, 3.05) is 48.2 Å². The van der Waals surface area contributed by atoms with E-state index in [1.807, 2.05) is 18.2 Å². The number of halogens is 3. The molecule has 0 unspecified atom stereocenters. The number of likely N-dealkylation sites (tertiary alicyclic amines) is 1. The van der Waals surface area contributed by atoms with Crippen molar-refractivity contribution >= 4 is 74.1 Å². The van der Waals surface area contributed by atoms with E-state index >= 15 is 0 Å². The number of carbonyl (C=O) groups excluding carboxylic acids is 4. The number of carbonyl (C=O) groups is 4. The molecule has 242 valence electrons. The predicted octanol–water partition coefficient (Wildman–Crippen LogP) is 4.54. The molecule has 0 spiro atoms. The minimum Gasteiger partial charge on any atom is -0.504 e. The average molecular weight is 733 g/mol. The first kappa shape index (κ1) is 31.5. The zero-order chi connectivity index (χ0) is 32.5. The number of hydrogen-bond acceptors (Lipinski definition) is 8. The first-order valence-electron chi connectivity index (χ1n) is 15.3. The second kappa shape index (κ2) is 11.5. The zero-order valence-electron chi connectivity index (χ0n) is 25.0. The first-order chi connectivity index (χ1) is 22.1. The third-order valence-corrected chi connectivity index (χ3v) is 12.0. The van der Waals surface area contributed by atoms with Gasteiger partial charge in [-0.15, -0.1) is 23.2 Å². The lowest BCUT2D eigenvalue weighted by molar-refractivity contribution is -0.138. The largest absolute Gasteiger partial charge is 0.504 e. The molecule has 2 aromatic rings. The van der Waals surface area contributed by atoms with Crippen molar-refractivity contribution in [3.8, 4) is 11.5 Å². The van der Waals surface area contributed by atoms with Crippen LogP contribution < -0.4 is 14.5 Å². The zero-order valence-corrected chi connectivity index (χ0v) is 28.1. The van der Waals surface area contributed by atoms with Gasteiger partial charge >= 0.3 is 0 Å². The number of morpholine rings is 1. The Kier molecular flexibility index (Phi) is 7.90. The highest BCUT2D eigenvalue weighted by atomic mass is 79.9. The van der Waals surface area contributed by atoms with Crippen LogP contribution in [-0.2, 0) is 23.9 Å². The number of hydrogen-bond donors (Lipinski definition) is 1. The van der Waals surface area contributed by atoms with Gasteiger partial charge in [-0.25, -0.2) is 0 Å². The number of rotatable bonds is 6. The third-order valence-electron chi connectivity index (χ3n) is 10.1. The van der Waals surface area contributed by atoms with Gasteiger partial charge in [0.25, 0.3) is 11.8 Å². The molecule has 0 aromatic heterocycles. The number of benzene rings is 2. The average Bonchev–Trinajstić information content (AvgIpc) is 3.40. The lowest BCUT2D eigenvalue weighted by atomic mass is 9.56. The van der Waals surface area contributed by atoms with E-state index in [4.69, 9.17) is 32.7 Å². The van der Waals surface area contributed by atoms with Crippen LogP contribution in [0.4, 0.5) is 11.4 Å². The smallest absolute Gasteiger partial charge is 0.254 e. The molecule has 6 atom stereocenters. The molecule has 13 heteroatoms. The topological polar surface area (TPSA) is 117 Å². The van der Waals surface area contributed by atoms with Gasteiger partial charge in [0.15, 0.2) is 21.2 Å². The van der Waals surface area contributed by atoms with Gasteiger partial charge in [-0.1, -0.05) is 33.6 Å². The third kappa shape index (κ3) is 4.38. The standard InChI is InChI=1S/C33H32BrCl2N3O7/c1-2-46-25-15-18(3-10-24(25)40)27-21-8-9-22-26(23(21)16-32(35)30(43)38(17-34)31(44)33(27,32)36)29(42)39(28(22)41)20-6-4-19(5-7-20)37-11-13-45-14-12-37/h3-8,10,15,22-23,26-27,40H,2,9,11-14,16-17H2,1H3/t22-,23+,26-,27-,32+,33-/m0/s1. The molecule has 3 saturated heterocycles. The van der Waals surface area contributed by atoms with Gasteiger partial charge in [0.2, 0.25) is 11.8 Å². The summed E-state index contributed by atoms with van der Waals surface area (Å²) in [5.74, 6) is -4.99. The summed E-state index contributed by atoms with van der Waals surface area (Å²) in [5, 5.41) is 10.5. The molecule has 0 radical (unpaired) electrons. The lowest BCUT2D eigenvalue weighted by Crippen LogP contribution is -2.60. The highest BCUT2D eigenvalue weighted by Gasteiger charge is 2.76. The molecule has 4 amide bonds. The summed E-state index contributed by atoms with van der Waals surface area (Å²) in [7, 11) is 0. The first-order valence-corrected chi connectivity index (χ1v) is 17.2. The van der Waals surface area contributed by atoms with Crippen LogP contribution in [0.1, 0.15) is 31.2 Å². The molecule has 1 saturated carbocycles. The number of phenolic OH excluding ortho intramolecular Hbond substituents is 1. The summed E-state index contributed by atoms with van der Waals surface area (Å²) in [4.78, 5) is 56.7. The molecule has 3 aliphatic heterocycles. The van der Waals surface area contributed by atoms with Crippen molar-refractivity contribution in [2.45, 2.75) is 35.4 Å². The Morgan fingerprint density at radius 3 is 2.35 bits per heavy atom. The SMILES string of the molecule is CCOc1cc([C@H]2C3=CC[C@@H]4C(=O)N(c5ccc(N6CCOCC6)cc5)C(=O)[C@@H]4[C@@H]3C[C@@]3(Cl)C(=O)N(CBr)C(=O)[C@@]23Cl)ccc1O. The molecule has 46 heavy (non-hydrogen) atoms. The van der Waals surface area contributed by atoms with Crippen LogP contribution >= 0.6 is 39.1 Å². The number of allylic oxidation sites excluding steroid dienone is 2. The monoisotopic (exact) mass is 731 g/mol. The van der Waals surface area contributed by atoms with Gasteiger partial charge in [-0.05, 0) is 67.6 Å². The number of imide groups is 2. The molecular weight excluding hydrogens is 701 g/mol. The van der Waals surface area contributed by atoms with Crippen LogP contribution in [0.15, 0.2) is 54.1 Å². The molecule has 1 N–H and O–H groups in total. The van der Waals surface area contributed by atoms with Crippen LogP contribution in [0.3, 0.4) is 0 Å². The van der Waals surface area contributed by atoms with E-state index in [0.29, 0.717) is 30.0 Å². The summed E-state index contributed by atoms with van der Waals surface area (Å²) in [6.45, 7) is 4.83. The molecule has 7 rings (SSSR count). The summed E-state index contributed by atoms with van der Waals surface area (Å²) >= 11 is 17.8. The predicted molar refractivity (Wildman–Crippen MR) is 175 cm³/mol. The lowest BCUT2D eigenvalue weighted by Gasteiger charge is -2.50. The molecular formula is C33H32BrCl2N3O7. The molecule has 2 aromatic carbocycles. The number of phenols is 1. The maximum absolute atomic E-state index is 14.3. The Labute approximate surface area is 284 Å². The highest BCUT2D eigenvalue weighted by Crippen LogP contribution is 2.65. The molecule has 10 nitrogen and oxygen atoms in total. The van der Waals surface area contributed by atoms with Gasteiger partial charge < -0.3 is 19.5 Å². The number of fused-ring (bicyclic) bond motifs is 4. The van der Waals surface area contributed by atoms with E-state index < -0.39 is 45.2 Å². The molecule has 2 aliphatic carbocycles. The van der Waals surface area contributed by atoms with Crippen molar-refractivity contribution < 1.29 is 33.8 Å². The highest BCUT2D eigenvalue weighted by molar-refractivity contribution is 9.09. The van der Waals surface area contributed by atoms with E-state index in [9.17, 15) is 24.3 Å². The van der Waals surface area contributed by atoms with Crippen molar-refractivity contribution in [3.63, 3.8) is 0 Å². The fourth-order valence-corrected chi connectivity index (χ4v) is 9.42. The van der Waals surface area contributed by atoms with Crippen LogP contribution in [0.5, 0.6) is 11.5 Å². The Morgan fingerprint density at radius 2 is 1.67 bits per heavy atom. The van der Waals surface area contributed by atoms with Crippen molar-refractivity contribution in [2.24, 2.45) is 17.8 Å². The number of ether oxygens (including phenoxy) is 2. The van der Waals surface area contributed by atoms with Crippen LogP contribution in [0.25, 0.3) is 0 Å². The maximum atomic E-state index is 14.3. The second-order valence-corrected chi connectivity index (χ2v) is 14.0. The summed E-state index contributed by atoms with van der Waals surface area (Å²) in [6.07, 6.45) is 2.03. The minimum absolute atomic E-state index is 0.0980. The van der Waals surface area contributed by atoms with E-state index in [2.05, 4.69) is 20.8 Å². The number of nitrogens with zero attached hydrogens (tertiary/aromatic N) is 3. The number of alkyl halides is 3. The quantitative estimate of drug-likeness (QED) is 0.199. The van der Waals surface area contributed by atoms with Gasteiger partial charge in [-0.3, -0.25) is 29.0 Å². The normalized spacial score (nSPS) is 32.3. The van der Waals surface area contributed by atoms with Gasteiger partial charge in [0.1, 0.15) is 0 Å². The fraction of sp³-hybridized carbons (Fsp3) is 0.455. The van der Waals surface area contributed by atoms with Crippen molar-refractivity contribution in [1.82, 2.24) is 4.90 Å². The Bertz CT molecular complexity index is 1660. The molecule has 5 aliphatic rings. The van der Waals surface area contributed by atoms with Crippen LogP contribution in [-0.4, -0.2) is 81.7 Å². The van der Waals surface area contributed by atoms with E-state index in [1.54, 1.807) is 31.2 Å². The van der Waals surface area contributed by atoms with Crippen LogP contribution in [0.2, 0.25) is 0 Å². The van der Waals surface area contributed by atoms with Gasteiger partial charge in [0.05, 0.1) is 42.8 Å². The van der Waals surface area contributed by atoms with Gasteiger partial charge in [0, 0.05) is 24.7 Å². The molecule has 3 heterocycles. The summed E-state index contributed by atoms with van der Waals surface area (Å²) in [5.41, 5.74) is 2.51. The maximum Gasteiger partial charge on any atom is 0.254 e. The van der Waals surface area contributed by atoms with E-state index in [0.717, 1.165) is 23.7 Å². The Hall–Kier alpha value is -3.12. The Balaban J connectivity index is 1.30. The number of amides is 4. The van der Waals surface area contributed by atoms with E-state index in [-0.39, 0.29) is 48.2 Å². The second-order valence-electron chi connectivity index (χ2n) is 12.3. The number of aromatic hydroxyl groups is 1. The van der Waals surface area contributed by atoms with Crippen LogP contribution in [0, 0.1) is 17.8 Å². The number of anilines is 2. The van der Waals surface area contributed by atoms with Gasteiger partial charge in [-0.2, -0.15) is 0 Å². The molecule has 4 fully saturated rings. The minimum atomic E-state index is -1.93. The van der Waals surface area contributed by atoms with Crippen molar-refractivity contribution in [1.29, 1.82) is 0 Å². The molecule has 0 bridgehead atoms. The fourth-order valence-electron chi connectivity index (χ4n) is 8.00. The Morgan fingerprint density at radius 1 is 0.978 bits per heavy atom. The summed E-state index contributed by atoms with van der Waals surface area (Å²) < 4.78 is 11.1. The van der Waals surface area contributed by atoms with Crippen molar-refractivity contribution in [3.05, 3.63) is 59.7 Å². The summed E-state index contributed by atoms with van der Waals surface area (Å²) in [6, 6.07) is 12.0. The van der Waals surface area contributed by atoms with E-state index in [1.165, 1.54) is 11.0 Å².